The van der Waals surface area contributed by atoms with Crippen molar-refractivity contribution in [2.45, 2.75) is 19.1 Å². The average Bonchev–Trinajstić information content (AvgIpc) is 2.68. The molecule has 11 heteroatoms. The fraction of sp³-hybridized carbons (Fsp3) is 0.150. The molecule has 1 aliphatic rings. The van der Waals surface area contributed by atoms with Crippen molar-refractivity contribution in [2.75, 3.05) is 0 Å². The monoisotopic (exact) mass is 442 g/mol. The molecule has 0 spiro atoms. The van der Waals surface area contributed by atoms with Crippen molar-refractivity contribution in [3.63, 3.8) is 0 Å². The molecule has 1 heterocycles. The Kier molecular flexibility index (Phi) is 6.16. The maximum absolute atomic E-state index is 14.2. The standard InChI is InChI=1S/C20H15F5N2O4/c21-16-9-8-13(19(28)29)18(26)27(16)10-11-4-6-12(7-5-11)30-14-2-1-3-15(17(14)22)31-20(23,24)25/h1-9,18H,10,26H2,(H,28,29). The summed E-state index contributed by atoms with van der Waals surface area (Å²) in [4.78, 5) is 12.2. The molecular weight excluding hydrogens is 427 g/mol. The molecule has 6 nitrogen and oxygen atoms in total. The molecule has 1 atom stereocenters. The minimum atomic E-state index is -5.06. The maximum Gasteiger partial charge on any atom is 0.573 e. The Morgan fingerprint density at radius 1 is 1.06 bits per heavy atom. The number of allylic oxidation sites excluding steroid dienone is 2. The van der Waals surface area contributed by atoms with Crippen LogP contribution in [0.25, 0.3) is 0 Å². The van der Waals surface area contributed by atoms with Crippen molar-refractivity contribution in [3.8, 4) is 17.2 Å². The van der Waals surface area contributed by atoms with Gasteiger partial charge in [-0.1, -0.05) is 18.2 Å². The SMILES string of the molecule is NC1C(C(=O)O)=CC=C(F)N1Cc1ccc(Oc2cccc(OC(F)(F)F)c2F)cc1. The van der Waals surface area contributed by atoms with Gasteiger partial charge < -0.3 is 25.2 Å². The smallest absolute Gasteiger partial charge is 0.478 e. The number of carbonyl (C=O) groups is 1. The number of hydrogen-bond acceptors (Lipinski definition) is 5. The van der Waals surface area contributed by atoms with E-state index in [2.05, 4.69) is 4.74 Å². The molecule has 164 valence electrons. The number of alkyl halides is 3. The van der Waals surface area contributed by atoms with Crippen LogP contribution in [-0.4, -0.2) is 28.5 Å². The van der Waals surface area contributed by atoms with Gasteiger partial charge in [-0.3, -0.25) is 0 Å². The van der Waals surface area contributed by atoms with Gasteiger partial charge >= 0.3 is 12.3 Å². The van der Waals surface area contributed by atoms with E-state index in [0.717, 1.165) is 35.3 Å². The summed E-state index contributed by atoms with van der Waals surface area (Å²) < 4.78 is 74.2. The lowest BCUT2D eigenvalue weighted by Crippen LogP contribution is -2.44. The minimum absolute atomic E-state index is 0.0718. The number of hydrogen-bond donors (Lipinski definition) is 2. The van der Waals surface area contributed by atoms with E-state index < -0.39 is 41.8 Å². The van der Waals surface area contributed by atoms with Crippen molar-refractivity contribution in [3.05, 3.63) is 77.5 Å². The number of ether oxygens (including phenoxy) is 2. The van der Waals surface area contributed by atoms with Crippen molar-refractivity contribution in [2.24, 2.45) is 5.73 Å². The van der Waals surface area contributed by atoms with E-state index in [-0.39, 0.29) is 17.9 Å². The van der Waals surface area contributed by atoms with Gasteiger partial charge in [-0.15, -0.1) is 13.2 Å². The molecule has 0 fully saturated rings. The summed E-state index contributed by atoms with van der Waals surface area (Å²) in [5.41, 5.74) is 6.15. The van der Waals surface area contributed by atoms with Gasteiger partial charge in [0, 0.05) is 6.54 Å². The summed E-state index contributed by atoms with van der Waals surface area (Å²) in [6.45, 7) is -0.0718. The summed E-state index contributed by atoms with van der Waals surface area (Å²) >= 11 is 0. The first kappa shape index (κ1) is 22.1. The van der Waals surface area contributed by atoms with Crippen LogP contribution in [0.4, 0.5) is 22.0 Å². The van der Waals surface area contributed by atoms with Crippen molar-refractivity contribution in [1.82, 2.24) is 4.90 Å². The third-order valence-corrected chi connectivity index (χ3v) is 4.23. The lowest BCUT2D eigenvalue weighted by atomic mass is 10.1. The molecule has 3 rings (SSSR count). The summed E-state index contributed by atoms with van der Waals surface area (Å²) in [5, 5.41) is 9.11. The Morgan fingerprint density at radius 2 is 1.71 bits per heavy atom. The Morgan fingerprint density at radius 3 is 2.32 bits per heavy atom. The van der Waals surface area contributed by atoms with E-state index >= 15 is 0 Å². The molecule has 0 amide bonds. The highest BCUT2D eigenvalue weighted by Crippen LogP contribution is 2.33. The second kappa shape index (κ2) is 8.64. The molecule has 2 aromatic rings. The van der Waals surface area contributed by atoms with Gasteiger partial charge in [-0.25, -0.2) is 4.79 Å². The predicted molar refractivity (Wildman–Crippen MR) is 98.0 cm³/mol. The molecule has 0 saturated heterocycles. The number of benzene rings is 2. The number of nitrogens with two attached hydrogens (primary N) is 1. The molecule has 0 aliphatic carbocycles. The summed E-state index contributed by atoms with van der Waals surface area (Å²) in [6.07, 6.45) is -4.19. The van der Waals surface area contributed by atoms with Gasteiger partial charge in [-0.2, -0.15) is 8.78 Å². The van der Waals surface area contributed by atoms with Crippen LogP contribution in [0.1, 0.15) is 5.56 Å². The first-order valence-electron chi connectivity index (χ1n) is 8.69. The first-order chi connectivity index (χ1) is 14.5. The average molecular weight is 442 g/mol. The van der Waals surface area contributed by atoms with Gasteiger partial charge in [0.05, 0.1) is 5.57 Å². The summed E-state index contributed by atoms with van der Waals surface area (Å²) in [7, 11) is 0. The van der Waals surface area contributed by atoms with E-state index in [1.807, 2.05) is 0 Å². The molecule has 0 radical (unpaired) electrons. The van der Waals surface area contributed by atoms with Crippen LogP contribution in [0.15, 0.2) is 66.1 Å². The molecule has 0 aromatic heterocycles. The van der Waals surface area contributed by atoms with Crippen LogP contribution in [0.5, 0.6) is 17.2 Å². The van der Waals surface area contributed by atoms with Gasteiger partial charge in [0.15, 0.2) is 17.4 Å². The third kappa shape index (κ3) is 5.31. The van der Waals surface area contributed by atoms with Crippen LogP contribution >= 0.6 is 0 Å². The van der Waals surface area contributed by atoms with Crippen LogP contribution in [0, 0.1) is 5.82 Å². The normalized spacial score (nSPS) is 16.5. The maximum atomic E-state index is 14.2. The number of nitrogens with zero attached hydrogens (tertiary/aromatic N) is 1. The molecule has 2 aromatic carbocycles. The zero-order chi connectivity index (χ0) is 22.8. The van der Waals surface area contributed by atoms with E-state index in [1.54, 1.807) is 0 Å². The molecule has 0 bridgehead atoms. The number of rotatable bonds is 6. The topological polar surface area (TPSA) is 85.0 Å². The van der Waals surface area contributed by atoms with Crippen LogP contribution in [0.2, 0.25) is 0 Å². The van der Waals surface area contributed by atoms with Gasteiger partial charge in [0.2, 0.25) is 5.82 Å². The first-order valence-corrected chi connectivity index (χ1v) is 8.69. The predicted octanol–water partition coefficient (Wildman–Crippen LogP) is 4.44. The third-order valence-electron chi connectivity index (χ3n) is 4.23. The van der Waals surface area contributed by atoms with E-state index in [0.29, 0.717) is 5.56 Å². The van der Waals surface area contributed by atoms with Crippen molar-refractivity contribution >= 4 is 5.97 Å². The van der Waals surface area contributed by atoms with Gasteiger partial charge in [0.25, 0.3) is 0 Å². The van der Waals surface area contributed by atoms with Crippen LogP contribution < -0.4 is 15.2 Å². The molecule has 0 saturated carbocycles. The number of carboxylic acids is 1. The molecule has 31 heavy (non-hydrogen) atoms. The van der Waals surface area contributed by atoms with Gasteiger partial charge in [-0.05, 0) is 42.0 Å². The van der Waals surface area contributed by atoms with Crippen LogP contribution in [-0.2, 0) is 11.3 Å². The highest BCUT2D eigenvalue weighted by Gasteiger charge is 2.33. The Bertz CT molecular complexity index is 1030. The summed E-state index contributed by atoms with van der Waals surface area (Å²) in [5.74, 6) is -4.76. The zero-order valence-electron chi connectivity index (χ0n) is 15.6. The second-order valence-electron chi connectivity index (χ2n) is 6.35. The lowest BCUT2D eigenvalue weighted by Gasteiger charge is -2.31. The van der Waals surface area contributed by atoms with Crippen LogP contribution in [0.3, 0.4) is 0 Å². The number of aliphatic carboxylic acids is 1. The highest BCUT2D eigenvalue weighted by molar-refractivity contribution is 5.88. The van der Waals surface area contributed by atoms with Gasteiger partial charge in [0.1, 0.15) is 11.9 Å². The fourth-order valence-electron chi connectivity index (χ4n) is 2.78. The minimum Gasteiger partial charge on any atom is -0.478 e. The molecule has 3 N–H and O–H groups in total. The second-order valence-corrected chi connectivity index (χ2v) is 6.35. The fourth-order valence-corrected chi connectivity index (χ4v) is 2.78. The van der Waals surface area contributed by atoms with E-state index in [1.165, 1.54) is 24.3 Å². The lowest BCUT2D eigenvalue weighted by molar-refractivity contribution is -0.275. The molecule has 1 unspecified atom stereocenters. The number of halogens is 5. The van der Waals surface area contributed by atoms with Crippen molar-refractivity contribution < 1.29 is 41.3 Å². The van der Waals surface area contributed by atoms with Crippen molar-refractivity contribution in [1.29, 1.82) is 0 Å². The Labute approximate surface area is 172 Å². The van der Waals surface area contributed by atoms with E-state index in [4.69, 9.17) is 15.6 Å². The molecule has 1 aliphatic heterocycles. The highest BCUT2D eigenvalue weighted by atomic mass is 19.4. The van der Waals surface area contributed by atoms with E-state index in [9.17, 15) is 26.7 Å². The Hall–Kier alpha value is -3.60. The zero-order valence-corrected chi connectivity index (χ0v) is 15.6. The largest absolute Gasteiger partial charge is 0.573 e. The molecular formula is C20H15F5N2O4. The quantitative estimate of drug-likeness (QED) is 0.508. The summed E-state index contributed by atoms with van der Waals surface area (Å²) in [6, 6.07) is 8.81. The Balaban J connectivity index is 1.72. The number of carboxylic acid groups (broad SMARTS) is 1.